The van der Waals surface area contributed by atoms with Gasteiger partial charge in [0.1, 0.15) is 6.04 Å². The highest BCUT2D eigenvalue weighted by Gasteiger charge is 2.40. The summed E-state index contributed by atoms with van der Waals surface area (Å²) in [6, 6.07) is -1.15. The standard InChI is InChI=1S/C9H10N4O6S/c1-4-7(15)11-6(14)3-13(4)20(18,19)5-2-10-9(17)12-8(5)16/h2,4H,3H2,1H3,(H,11,14,15)(H2,10,12,16,17). The van der Waals surface area contributed by atoms with Gasteiger partial charge in [-0.05, 0) is 6.92 Å². The Balaban J connectivity index is 2.54. The van der Waals surface area contributed by atoms with Crippen LogP contribution in [0.1, 0.15) is 6.92 Å². The van der Waals surface area contributed by atoms with E-state index in [-0.39, 0.29) is 0 Å². The van der Waals surface area contributed by atoms with E-state index in [1.807, 2.05) is 10.3 Å². The molecular formula is C9H10N4O6S. The Hall–Kier alpha value is -2.27. The number of aromatic nitrogens is 2. The lowest BCUT2D eigenvalue weighted by molar-refractivity contribution is -0.136. The predicted octanol–water partition coefficient (Wildman–Crippen LogP) is -2.90. The molecule has 1 atom stereocenters. The molecule has 0 aromatic carbocycles. The van der Waals surface area contributed by atoms with Crippen LogP contribution in [0.15, 0.2) is 20.7 Å². The number of nitrogens with one attached hydrogen (secondary N) is 3. The number of carbonyl (C=O) groups excluding carboxylic acids is 2. The Kier molecular flexibility index (Phi) is 3.31. The van der Waals surface area contributed by atoms with Crippen molar-refractivity contribution in [2.75, 3.05) is 6.54 Å². The maximum Gasteiger partial charge on any atom is 0.325 e. The number of H-pyrrole nitrogens is 2. The van der Waals surface area contributed by atoms with Crippen molar-refractivity contribution in [1.82, 2.24) is 19.6 Å². The molecule has 2 amide bonds. The average Bonchev–Trinajstić information content (AvgIpc) is 2.33. The Morgan fingerprint density at radius 3 is 2.50 bits per heavy atom. The lowest BCUT2D eigenvalue weighted by Gasteiger charge is -2.30. The molecule has 108 valence electrons. The number of imide groups is 1. The second-order valence-electron chi connectivity index (χ2n) is 4.07. The molecule has 11 heteroatoms. The number of hydrogen-bond acceptors (Lipinski definition) is 6. The molecule has 0 saturated carbocycles. The van der Waals surface area contributed by atoms with Crippen LogP contribution in [0.3, 0.4) is 0 Å². The smallest absolute Gasteiger partial charge is 0.313 e. The maximum atomic E-state index is 12.3. The number of amides is 2. The van der Waals surface area contributed by atoms with Gasteiger partial charge in [-0.15, -0.1) is 0 Å². The second kappa shape index (κ2) is 4.68. The van der Waals surface area contributed by atoms with E-state index in [1.165, 1.54) is 6.92 Å². The number of hydrogen-bond donors (Lipinski definition) is 3. The minimum absolute atomic E-state index is 0.589. The molecule has 1 aromatic rings. The summed E-state index contributed by atoms with van der Waals surface area (Å²) < 4.78 is 25.1. The zero-order valence-electron chi connectivity index (χ0n) is 10.2. The van der Waals surface area contributed by atoms with Gasteiger partial charge in [-0.3, -0.25) is 24.7 Å². The minimum atomic E-state index is -4.39. The monoisotopic (exact) mass is 302 g/mol. The Labute approximate surface area is 111 Å². The molecule has 1 saturated heterocycles. The zero-order chi connectivity index (χ0) is 15.1. The first kappa shape index (κ1) is 14.1. The third-order valence-electron chi connectivity index (χ3n) is 2.75. The van der Waals surface area contributed by atoms with Gasteiger partial charge in [0, 0.05) is 6.20 Å². The van der Waals surface area contributed by atoms with Crippen LogP contribution in [0.5, 0.6) is 0 Å². The van der Waals surface area contributed by atoms with Crippen LogP contribution in [0.25, 0.3) is 0 Å². The first-order valence-corrected chi connectivity index (χ1v) is 6.85. The number of nitrogens with zero attached hydrogens (tertiary/aromatic N) is 1. The van der Waals surface area contributed by atoms with Crippen LogP contribution >= 0.6 is 0 Å². The van der Waals surface area contributed by atoms with Gasteiger partial charge in [-0.2, -0.15) is 4.31 Å². The third kappa shape index (κ3) is 2.28. The van der Waals surface area contributed by atoms with E-state index in [9.17, 15) is 27.6 Å². The summed E-state index contributed by atoms with van der Waals surface area (Å²) in [6.07, 6.45) is 0.722. The maximum absolute atomic E-state index is 12.3. The fourth-order valence-corrected chi connectivity index (χ4v) is 3.24. The normalized spacial score (nSPS) is 20.8. The zero-order valence-corrected chi connectivity index (χ0v) is 11.0. The van der Waals surface area contributed by atoms with Gasteiger partial charge in [0.2, 0.25) is 11.8 Å². The van der Waals surface area contributed by atoms with Crippen LogP contribution in [0.4, 0.5) is 0 Å². The molecule has 1 unspecified atom stereocenters. The summed E-state index contributed by atoms with van der Waals surface area (Å²) in [5.41, 5.74) is -1.99. The van der Waals surface area contributed by atoms with Crippen LogP contribution < -0.4 is 16.6 Å². The molecule has 0 aliphatic carbocycles. The van der Waals surface area contributed by atoms with Gasteiger partial charge in [0.25, 0.3) is 15.6 Å². The van der Waals surface area contributed by atoms with Crippen molar-refractivity contribution in [2.24, 2.45) is 0 Å². The third-order valence-corrected chi connectivity index (χ3v) is 4.67. The SMILES string of the molecule is CC1C(=O)NC(=O)CN1S(=O)(=O)c1c[nH]c(=O)[nH]c1=O. The molecule has 2 heterocycles. The van der Waals surface area contributed by atoms with Crippen LogP contribution in [-0.2, 0) is 19.6 Å². The van der Waals surface area contributed by atoms with Gasteiger partial charge < -0.3 is 4.98 Å². The van der Waals surface area contributed by atoms with Gasteiger partial charge in [0.05, 0.1) is 6.54 Å². The van der Waals surface area contributed by atoms with Crippen molar-refractivity contribution >= 4 is 21.8 Å². The number of piperazine rings is 1. The summed E-state index contributed by atoms with van der Waals surface area (Å²) in [6.45, 7) is 0.688. The van der Waals surface area contributed by atoms with Crippen molar-refractivity contribution < 1.29 is 18.0 Å². The van der Waals surface area contributed by atoms with Crippen LogP contribution in [0.2, 0.25) is 0 Å². The molecule has 2 rings (SSSR count). The van der Waals surface area contributed by atoms with E-state index < -0.39 is 50.6 Å². The van der Waals surface area contributed by atoms with E-state index in [0.29, 0.717) is 4.31 Å². The summed E-state index contributed by atoms with van der Waals surface area (Å²) in [4.78, 5) is 48.2. The topological polar surface area (TPSA) is 149 Å². The first-order valence-electron chi connectivity index (χ1n) is 5.41. The van der Waals surface area contributed by atoms with Crippen molar-refractivity contribution in [2.45, 2.75) is 17.9 Å². The summed E-state index contributed by atoms with van der Waals surface area (Å²) in [7, 11) is -4.39. The van der Waals surface area contributed by atoms with Crippen LogP contribution in [-0.4, -0.2) is 47.1 Å². The fourth-order valence-electron chi connectivity index (χ4n) is 1.70. The molecule has 3 N–H and O–H groups in total. The van der Waals surface area contributed by atoms with Gasteiger partial charge in [-0.25, -0.2) is 13.2 Å². The molecule has 0 spiro atoms. The van der Waals surface area contributed by atoms with Gasteiger partial charge in [0.15, 0.2) is 4.90 Å². The van der Waals surface area contributed by atoms with Crippen molar-refractivity contribution in [3.8, 4) is 0 Å². The van der Waals surface area contributed by atoms with Crippen LogP contribution in [0, 0.1) is 0 Å². The van der Waals surface area contributed by atoms with E-state index in [2.05, 4.69) is 0 Å². The quantitative estimate of drug-likeness (QED) is 0.499. The number of carbonyl (C=O) groups is 2. The fraction of sp³-hybridized carbons (Fsp3) is 0.333. The van der Waals surface area contributed by atoms with Crippen molar-refractivity contribution in [3.05, 3.63) is 27.0 Å². The van der Waals surface area contributed by atoms with E-state index >= 15 is 0 Å². The molecule has 1 aliphatic heterocycles. The molecule has 1 aliphatic rings. The molecule has 20 heavy (non-hydrogen) atoms. The molecule has 0 bridgehead atoms. The molecule has 1 aromatic heterocycles. The Bertz CT molecular complexity index is 791. The highest BCUT2D eigenvalue weighted by molar-refractivity contribution is 7.89. The van der Waals surface area contributed by atoms with Crippen molar-refractivity contribution in [3.63, 3.8) is 0 Å². The average molecular weight is 302 g/mol. The number of sulfonamides is 1. The Morgan fingerprint density at radius 2 is 1.90 bits per heavy atom. The largest absolute Gasteiger partial charge is 0.325 e. The number of rotatable bonds is 2. The van der Waals surface area contributed by atoms with E-state index in [0.717, 1.165) is 6.20 Å². The molecular weight excluding hydrogens is 292 g/mol. The van der Waals surface area contributed by atoms with Crippen molar-refractivity contribution in [1.29, 1.82) is 0 Å². The second-order valence-corrected chi connectivity index (χ2v) is 5.93. The first-order chi connectivity index (χ1) is 9.23. The molecule has 1 fully saturated rings. The lowest BCUT2D eigenvalue weighted by atomic mass is 10.2. The minimum Gasteiger partial charge on any atom is -0.313 e. The molecule has 10 nitrogen and oxygen atoms in total. The highest BCUT2D eigenvalue weighted by atomic mass is 32.2. The predicted molar refractivity (Wildman–Crippen MR) is 64.2 cm³/mol. The number of aromatic amines is 2. The summed E-state index contributed by atoms with van der Waals surface area (Å²) >= 11 is 0. The summed E-state index contributed by atoms with van der Waals surface area (Å²) in [5, 5.41) is 1.98. The lowest BCUT2D eigenvalue weighted by Crippen LogP contribution is -2.58. The van der Waals surface area contributed by atoms with E-state index in [4.69, 9.17) is 0 Å². The highest BCUT2D eigenvalue weighted by Crippen LogP contribution is 2.16. The van der Waals surface area contributed by atoms with Gasteiger partial charge in [-0.1, -0.05) is 0 Å². The summed E-state index contributed by atoms with van der Waals surface area (Å²) in [5.74, 6) is -1.58. The Morgan fingerprint density at radius 1 is 1.25 bits per heavy atom. The van der Waals surface area contributed by atoms with Gasteiger partial charge >= 0.3 is 5.69 Å². The van der Waals surface area contributed by atoms with E-state index in [1.54, 1.807) is 4.98 Å². The molecule has 0 radical (unpaired) electrons.